The minimum Gasteiger partial charge on any atom is -0.497 e. The normalized spacial score (nSPS) is 18.2. The van der Waals surface area contributed by atoms with Gasteiger partial charge >= 0.3 is 0 Å². The van der Waals surface area contributed by atoms with E-state index < -0.39 is 6.10 Å². The molecule has 1 aromatic heterocycles. The molecule has 0 unspecified atom stereocenters. The number of fused-ring (bicyclic) bond motifs is 3. The van der Waals surface area contributed by atoms with Crippen LogP contribution in [0.25, 0.3) is 5.70 Å². The van der Waals surface area contributed by atoms with Gasteiger partial charge < -0.3 is 19.5 Å². The summed E-state index contributed by atoms with van der Waals surface area (Å²) in [6, 6.07) is 22.2. The first-order valence-corrected chi connectivity index (χ1v) is 11.1. The Morgan fingerprint density at radius 1 is 0.971 bits per heavy atom. The SMILES string of the molecule is COc1ccc([C@H]2Oc3ccc(C)cc3C3=C2[C@@H](c2ccccc2)n2ncnc2N3)c(OC)c1. The monoisotopic (exact) mass is 452 g/mol. The van der Waals surface area contributed by atoms with Crippen LogP contribution in [0.1, 0.15) is 34.4 Å². The maximum Gasteiger partial charge on any atom is 0.226 e. The van der Waals surface area contributed by atoms with Gasteiger partial charge in [-0.3, -0.25) is 0 Å². The molecular formula is C27H24N4O3. The number of anilines is 1. The lowest BCUT2D eigenvalue weighted by atomic mass is 9.84. The van der Waals surface area contributed by atoms with Crippen molar-refractivity contribution in [3.8, 4) is 17.2 Å². The molecule has 7 heteroatoms. The molecule has 0 radical (unpaired) electrons. The van der Waals surface area contributed by atoms with Gasteiger partial charge in [-0.15, -0.1) is 0 Å². The van der Waals surface area contributed by atoms with E-state index in [1.165, 1.54) is 0 Å². The number of rotatable bonds is 4. The fraction of sp³-hybridized carbons (Fsp3) is 0.185. The van der Waals surface area contributed by atoms with Gasteiger partial charge in [0.15, 0.2) is 6.10 Å². The van der Waals surface area contributed by atoms with Crippen LogP contribution in [0.3, 0.4) is 0 Å². The lowest BCUT2D eigenvalue weighted by Gasteiger charge is -2.39. The summed E-state index contributed by atoms with van der Waals surface area (Å²) in [4.78, 5) is 4.50. The van der Waals surface area contributed by atoms with Crippen molar-refractivity contribution >= 4 is 11.6 Å². The Morgan fingerprint density at radius 2 is 1.82 bits per heavy atom. The number of benzene rings is 3. The molecule has 0 fully saturated rings. The summed E-state index contributed by atoms with van der Waals surface area (Å²) in [6.07, 6.45) is 1.17. The molecule has 0 saturated carbocycles. The van der Waals surface area contributed by atoms with Crippen molar-refractivity contribution in [3.05, 3.63) is 101 Å². The summed E-state index contributed by atoms with van der Waals surface area (Å²) in [7, 11) is 3.31. The van der Waals surface area contributed by atoms with Crippen LogP contribution in [-0.4, -0.2) is 29.0 Å². The minimum absolute atomic E-state index is 0.208. The number of aryl methyl sites for hydroxylation is 1. The third-order valence-corrected chi connectivity index (χ3v) is 6.41. The first-order chi connectivity index (χ1) is 16.7. The molecule has 4 aromatic rings. The molecule has 3 aromatic carbocycles. The highest BCUT2D eigenvalue weighted by Crippen LogP contribution is 2.52. The number of nitrogens with zero attached hydrogens (tertiary/aromatic N) is 3. The minimum atomic E-state index is -0.416. The smallest absolute Gasteiger partial charge is 0.226 e. The molecule has 170 valence electrons. The first kappa shape index (κ1) is 20.4. The Hall–Kier alpha value is -4.26. The first-order valence-electron chi connectivity index (χ1n) is 11.1. The van der Waals surface area contributed by atoms with Gasteiger partial charge in [-0.1, -0.05) is 42.0 Å². The average Bonchev–Trinajstić information content (AvgIpc) is 3.35. The molecule has 0 spiro atoms. The predicted octanol–water partition coefficient (Wildman–Crippen LogP) is 5.16. The van der Waals surface area contributed by atoms with E-state index in [1.54, 1.807) is 20.5 Å². The van der Waals surface area contributed by atoms with E-state index in [4.69, 9.17) is 14.2 Å². The topological polar surface area (TPSA) is 70.4 Å². The second kappa shape index (κ2) is 7.95. The number of aromatic nitrogens is 3. The second-order valence-electron chi connectivity index (χ2n) is 8.40. The van der Waals surface area contributed by atoms with Crippen molar-refractivity contribution in [2.45, 2.75) is 19.1 Å². The molecule has 6 rings (SSSR count). The largest absolute Gasteiger partial charge is 0.497 e. The number of ether oxygens (including phenoxy) is 3. The third kappa shape index (κ3) is 3.12. The van der Waals surface area contributed by atoms with E-state index in [0.29, 0.717) is 11.7 Å². The average molecular weight is 453 g/mol. The molecular weight excluding hydrogens is 428 g/mol. The van der Waals surface area contributed by atoms with Crippen molar-refractivity contribution in [2.75, 3.05) is 19.5 Å². The lowest BCUT2D eigenvalue weighted by molar-refractivity contribution is 0.217. The zero-order chi connectivity index (χ0) is 23.2. The van der Waals surface area contributed by atoms with Gasteiger partial charge in [0.2, 0.25) is 5.95 Å². The van der Waals surface area contributed by atoms with Gasteiger partial charge in [0.05, 0.1) is 19.9 Å². The highest BCUT2D eigenvalue weighted by Gasteiger charge is 2.41. The molecule has 1 N–H and O–H groups in total. The van der Waals surface area contributed by atoms with Crippen molar-refractivity contribution in [1.29, 1.82) is 0 Å². The molecule has 0 amide bonds. The van der Waals surface area contributed by atoms with Crippen molar-refractivity contribution in [2.24, 2.45) is 0 Å². The zero-order valence-electron chi connectivity index (χ0n) is 19.1. The van der Waals surface area contributed by atoms with Gasteiger partial charge in [0.1, 0.15) is 29.6 Å². The van der Waals surface area contributed by atoms with Crippen LogP contribution in [0.5, 0.6) is 17.2 Å². The molecule has 34 heavy (non-hydrogen) atoms. The van der Waals surface area contributed by atoms with Crippen LogP contribution in [-0.2, 0) is 0 Å². The van der Waals surface area contributed by atoms with Crippen molar-refractivity contribution in [3.63, 3.8) is 0 Å². The van der Waals surface area contributed by atoms with E-state index in [2.05, 4.69) is 46.6 Å². The van der Waals surface area contributed by atoms with Crippen molar-refractivity contribution < 1.29 is 14.2 Å². The van der Waals surface area contributed by atoms with E-state index in [-0.39, 0.29) is 6.04 Å². The maximum atomic E-state index is 6.72. The van der Waals surface area contributed by atoms with E-state index in [1.807, 2.05) is 47.1 Å². The standard InChI is InChI=1S/C27H24N4O3/c1-16-9-12-21-20(13-16)24-23(26(34-21)19-11-10-18(32-2)14-22(19)33-3)25(17-7-5-4-6-8-17)31-27(30-24)28-15-29-31/h4-15,25-26H,1-3H3,(H,28,29,30)/t25-,26-/m1/s1. The van der Waals surface area contributed by atoms with Crippen molar-refractivity contribution in [1.82, 2.24) is 14.8 Å². The Balaban J connectivity index is 1.64. The van der Waals surface area contributed by atoms with E-state index in [9.17, 15) is 0 Å². The molecule has 2 aliphatic rings. The molecule has 0 aliphatic carbocycles. The summed E-state index contributed by atoms with van der Waals surface area (Å²) in [5, 5.41) is 8.12. The Labute approximate surface area is 197 Å². The van der Waals surface area contributed by atoms with Crippen LogP contribution in [0.4, 0.5) is 5.95 Å². The second-order valence-corrected chi connectivity index (χ2v) is 8.40. The molecule has 0 saturated heterocycles. The van der Waals surface area contributed by atoms with Gasteiger partial charge in [0, 0.05) is 22.8 Å². The van der Waals surface area contributed by atoms with E-state index >= 15 is 0 Å². The van der Waals surface area contributed by atoms with Crippen LogP contribution < -0.4 is 19.5 Å². The summed E-state index contributed by atoms with van der Waals surface area (Å²) in [5.74, 6) is 2.92. The maximum absolute atomic E-state index is 6.72. The third-order valence-electron chi connectivity index (χ3n) is 6.41. The predicted molar refractivity (Wildman–Crippen MR) is 129 cm³/mol. The van der Waals surface area contributed by atoms with Crippen LogP contribution in [0, 0.1) is 6.92 Å². The summed E-state index contributed by atoms with van der Waals surface area (Å²) in [6.45, 7) is 2.08. The summed E-state index contributed by atoms with van der Waals surface area (Å²) < 4.78 is 19.9. The van der Waals surface area contributed by atoms with Gasteiger partial charge in [-0.25, -0.2) is 4.68 Å². The quantitative estimate of drug-likeness (QED) is 0.461. The summed E-state index contributed by atoms with van der Waals surface area (Å²) in [5.41, 5.74) is 6.20. The Morgan fingerprint density at radius 3 is 2.62 bits per heavy atom. The molecule has 2 atom stereocenters. The van der Waals surface area contributed by atoms with Crippen LogP contribution >= 0.6 is 0 Å². The fourth-order valence-electron chi connectivity index (χ4n) is 4.83. The molecule has 3 heterocycles. The highest BCUT2D eigenvalue weighted by atomic mass is 16.5. The Bertz CT molecular complexity index is 1410. The number of nitrogens with one attached hydrogen (secondary N) is 1. The van der Waals surface area contributed by atoms with Gasteiger partial charge in [0.25, 0.3) is 0 Å². The summed E-state index contributed by atoms with van der Waals surface area (Å²) >= 11 is 0. The fourth-order valence-corrected chi connectivity index (χ4v) is 4.83. The lowest BCUT2D eigenvalue weighted by Crippen LogP contribution is -2.32. The highest BCUT2D eigenvalue weighted by molar-refractivity contribution is 5.85. The van der Waals surface area contributed by atoms with Crippen LogP contribution in [0.15, 0.2) is 78.6 Å². The van der Waals surface area contributed by atoms with Crippen LogP contribution in [0.2, 0.25) is 0 Å². The van der Waals surface area contributed by atoms with Gasteiger partial charge in [-0.2, -0.15) is 10.1 Å². The van der Waals surface area contributed by atoms with Gasteiger partial charge in [-0.05, 0) is 36.8 Å². The number of hydrogen-bond acceptors (Lipinski definition) is 6. The molecule has 2 aliphatic heterocycles. The van der Waals surface area contributed by atoms with E-state index in [0.717, 1.165) is 45.0 Å². The molecule has 7 nitrogen and oxygen atoms in total. The zero-order valence-corrected chi connectivity index (χ0v) is 19.1. The Kier molecular flexibility index (Phi) is 4.76. The number of hydrogen-bond donors (Lipinski definition) is 1. The molecule has 0 bridgehead atoms. The number of methoxy groups -OCH3 is 2.